The van der Waals surface area contributed by atoms with Crippen LogP contribution in [0.4, 0.5) is 0 Å². The third kappa shape index (κ3) is 3.69. The minimum Gasteiger partial charge on any atom is -0.346 e. The van der Waals surface area contributed by atoms with Crippen molar-refractivity contribution >= 4 is 5.91 Å². The average Bonchev–Trinajstić information content (AvgIpc) is 2.14. The van der Waals surface area contributed by atoms with Gasteiger partial charge in [-0.25, -0.2) is 4.68 Å². The summed E-state index contributed by atoms with van der Waals surface area (Å²) in [6.07, 6.45) is 0. The molecule has 0 saturated carbocycles. The minimum atomic E-state index is -0.322. The molecule has 1 heterocycles. The lowest BCUT2D eigenvalue weighted by molar-refractivity contribution is 0.0911. The van der Waals surface area contributed by atoms with Crippen molar-refractivity contribution in [3.63, 3.8) is 0 Å². The molecule has 0 bridgehead atoms. The van der Waals surface area contributed by atoms with Gasteiger partial charge in [-0.3, -0.25) is 9.59 Å². The molecule has 0 atom stereocenters. The van der Waals surface area contributed by atoms with E-state index in [0.29, 0.717) is 0 Å². The van der Waals surface area contributed by atoms with Crippen LogP contribution in [-0.4, -0.2) is 21.2 Å². The van der Waals surface area contributed by atoms with Crippen molar-refractivity contribution in [3.05, 3.63) is 28.2 Å². The molecular formula is C12H19N3O2. The molecule has 0 unspecified atom stereocenters. The van der Waals surface area contributed by atoms with Crippen LogP contribution in [0.15, 0.2) is 16.9 Å². The van der Waals surface area contributed by atoms with E-state index < -0.39 is 0 Å². The maximum atomic E-state index is 11.9. The summed E-state index contributed by atoms with van der Waals surface area (Å²) in [6.45, 7) is 9.37. The Balaban J connectivity index is 3.04. The molecule has 1 aromatic rings. The van der Waals surface area contributed by atoms with Gasteiger partial charge in [0.2, 0.25) is 0 Å². The normalized spacial score (nSPS) is 11.6. The van der Waals surface area contributed by atoms with E-state index in [4.69, 9.17) is 0 Å². The Morgan fingerprint density at radius 3 is 2.41 bits per heavy atom. The molecule has 0 radical (unpaired) electrons. The number of carbonyl (C=O) groups is 1. The van der Waals surface area contributed by atoms with Gasteiger partial charge in [-0.1, -0.05) is 0 Å². The summed E-state index contributed by atoms with van der Waals surface area (Å²) >= 11 is 0. The second-order valence-corrected chi connectivity index (χ2v) is 5.30. The second kappa shape index (κ2) is 4.69. The molecule has 1 aromatic heterocycles. The first-order valence-electron chi connectivity index (χ1n) is 5.63. The van der Waals surface area contributed by atoms with E-state index in [-0.39, 0.29) is 28.7 Å². The number of nitrogens with one attached hydrogen (secondary N) is 1. The van der Waals surface area contributed by atoms with Crippen LogP contribution in [0.1, 0.15) is 51.1 Å². The van der Waals surface area contributed by atoms with E-state index >= 15 is 0 Å². The SMILES string of the molecule is CC(C)n1nc(C(=O)NC(C)(C)C)ccc1=O. The van der Waals surface area contributed by atoms with Crippen LogP contribution in [0.25, 0.3) is 0 Å². The number of aromatic nitrogens is 2. The lowest BCUT2D eigenvalue weighted by Gasteiger charge is -2.20. The van der Waals surface area contributed by atoms with E-state index in [1.165, 1.54) is 16.8 Å². The summed E-state index contributed by atoms with van der Waals surface area (Å²) in [6, 6.07) is 2.75. The molecule has 0 spiro atoms. The zero-order valence-corrected chi connectivity index (χ0v) is 10.9. The molecule has 1 rings (SSSR count). The highest BCUT2D eigenvalue weighted by Crippen LogP contribution is 2.03. The molecule has 0 aliphatic rings. The smallest absolute Gasteiger partial charge is 0.272 e. The summed E-state index contributed by atoms with van der Waals surface area (Å²) in [7, 11) is 0. The molecule has 17 heavy (non-hydrogen) atoms. The van der Waals surface area contributed by atoms with Crippen LogP contribution in [-0.2, 0) is 0 Å². The van der Waals surface area contributed by atoms with Crippen molar-refractivity contribution in [1.29, 1.82) is 0 Å². The predicted octanol–water partition coefficient (Wildman–Crippen LogP) is 1.35. The molecule has 0 fully saturated rings. The van der Waals surface area contributed by atoms with Gasteiger partial charge >= 0.3 is 0 Å². The third-order valence-electron chi connectivity index (χ3n) is 2.04. The lowest BCUT2D eigenvalue weighted by Crippen LogP contribution is -2.41. The first kappa shape index (κ1) is 13.4. The molecule has 1 N–H and O–H groups in total. The van der Waals surface area contributed by atoms with Gasteiger partial charge in [0, 0.05) is 11.6 Å². The van der Waals surface area contributed by atoms with Crippen molar-refractivity contribution in [2.24, 2.45) is 0 Å². The molecule has 94 valence electrons. The number of carbonyl (C=O) groups excluding carboxylic acids is 1. The number of hydrogen-bond donors (Lipinski definition) is 1. The number of amides is 1. The monoisotopic (exact) mass is 237 g/mol. The molecule has 5 heteroatoms. The van der Waals surface area contributed by atoms with Crippen LogP contribution >= 0.6 is 0 Å². The first-order valence-corrected chi connectivity index (χ1v) is 5.63. The fourth-order valence-corrected chi connectivity index (χ4v) is 1.32. The van der Waals surface area contributed by atoms with Crippen LogP contribution < -0.4 is 10.9 Å². The van der Waals surface area contributed by atoms with Gasteiger partial charge in [0.05, 0.1) is 6.04 Å². The Kier molecular flexibility index (Phi) is 3.70. The van der Waals surface area contributed by atoms with Crippen molar-refractivity contribution in [3.8, 4) is 0 Å². The Labute approximate surface area is 101 Å². The highest BCUT2D eigenvalue weighted by molar-refractivity contribution is 5.92. The van der Waals surface area contributed by atoms with Gasteiger partial charge in [0.15, 0.2) is 0 Å². The van der Waals surface area contributed by atoms with Crippen molar-refractivity contribution in [2.75, 3.05) is 0 Å². The molecule has 0 aliphatic carbocycles. The van der Waals surface area contributed by atoms with E-state index in [1.54, 1.807) is 0 Å². The highest BCUT2D eigenvalue weighted by Gasteiger charge is 2.17. The Bertz CT molecular complexity index is 469. The molecular weight excluding hydrogens is 218 g/mol. The standard InChI is InChI=1S/C12H19N3O2/c1-8(2)15-10(16)7-6-9(14-15)11(17)13-12(3,4)5/h6-8H,1-5H3,(H,13,17). The fraction of sp³-hybridized carbons (Fsp3) is 0.583. The van der Waals surface area contributed by atoms with Gasteiger partial charge in [-0.2, -0.15) is 5.10 Å². The largest absolute Gasteiger partial charge is 0.346 e. The van der Waals surface area contributed by atoms with Crippen molar-refractivity contribution < 1.29 is 4.79 Å². The highest BCUT2D eigenvalue weighted by atomic mass is 16.2. The van der Waals surface area contributed by atoms with E-state index in [1.807, 2.05) is 34.6 Å². The van der Waals surface area contributed by atoms with Gasteiger partial charge in [-0.05, 0) is 40.7 Å². The van der Waals surface area contributed by atoms with E-state index in [2.05, 4.69) is 10.4 Å². The summed E-state index contributed by atoms with van der Waals surface area (Å²) in [5.74, 6) is -0.271. The van der Waals surface area contributed by atoms with E-state index in [0.717, 1.165) is 0 Å². The second-order valence-electron chi connectivity index (χ2n) is 5.30. The quantitative estimate of drug-likeness (QED) is 0.844. The fourth-order valence-electron chi connectivity index (χ4n) is 1.32. The maximum absolute atomic E-state index is 11.9. The summed E-state index contributed by atoms with van der Waals surface area (Å²) in [5, 5.41) is 6.85. The van der Waals surface area contributed by atoms with Crippen LogP contribution in [0, 0.1) is 0 Å². The van der Waals surface area contributed by atoms with Crippen molar-refractivity contribution in [2.45, 2.75) is 46.2 Å². The zero-order chi connectivity index (χ0) is 13.2. The van der Waals surface area contributed by atoms with Gasteiger partial charge < -0.3 is 5.32 Å². The summed E-state index contributed by atoms with van der Waals surface area (Å²) in [5.41, 5.74) is -0.266. The topological polar surface area (TPSA) is 64.0 Å². The number of hydrogen-bond acceptors (Lipinski definition) is 3. The Morgan fingerprint density at radius 1 is 1.35 bits per heavy atom. The minimum absolute atomic E-state index is 0.0649. The predicted molar refractivity (Wildman–Crippen MR) is 66.1 cm³/mol. The molecule has 0 aliphatic heterocycles. The van der Waals surface area contributed by atoms with E-state index in [9.17, 15) is 9.59 Å². The number of rotatable bonds is 2. The van der Waals surface area contributed by atoms with Gasteiger partial charge in [-0.15, -0.1) is 0 Å². The first-order chi connectivity index (χ1) is 7.70. The van der Waals surface area contributed by atoms with Crippen LogP contribution in [0.3, 0.4) is 0 Å². The Morgan fingerprint density at radius 2 is 1.94 bits per heavy atom. The van der Waals surface area contributed by atoms with Gasteiger partial charge in [0.25, 0.3) is 11.5 Å². The van der Waals surface area contributed by atoms with Crippen LogP contribution in [0.5, 0.6) is 0 Å². The number of nitrogens with zero attached hydrogens (tertiary/aromatic N) is 2. The summed E-state index contributed by atoms with van der Waals surface area (Å²) < 4.78 is 1.30. The maximum Gasteiger partial charge on any atom is 0.272 e. The zero-order valence-electron chi connectivity index (χ0n) is 10.9. The van der Waals surface area contributed by atoms with Crippen molar-refractivity contribution in [1.82, 2.24) is 15.1 Å². The van der Waals surface area contributed by atoms with Crippen LogP contribution in [0.2, 0.25) is 0 Å². The molecule has 1 amide bonds. The average molecular weight is 237 g/mol. The summed E-state index contributed by atoms with van der Waals surface area (Å²) in [4.78, 5) is 23.3. The van der Waals surface area contributed by atoms with Gasteiger partial charge in [0.1, 0.15) is 5.69 Å². The molecule has 0 saturated heterocycles. The Hall–Kier alpha value is -1.65. The molecule has 0 aromatic carbocycles. The molecule has 5 nitrogen and oxygen atoms in total. The lowest BCUT2D eigenvalue weighted by atomic mass is 10.1. The third-order valence-corrected chi connectivity index (χ3v) is 2.04.